The van der Waals surface area contributed by atoms with Crippen molar-refractivity contribution >= 4 is 12.1 Å². The number of primary amides is 1. The van der Waals surface area contributed by atoms with Crippen LogP contribution in [0.1, 0.15) is 26.2 Å². The van der Waals surface area contributed by atoms with Crippen LogP contribution in [-0.4, -0.2) is 17.7 Å². The number of amides is 1. The van der Waals surface area contributed by atoms with E-state index < -0.39 is 0 Å². The van der Waals surface area contributed by atoms with E-state index in [1.165, 1.54) is 0 Å². The predicted molar refractivity (Wildman–Crippen MR) is 48.0 cm³/mol. The Kier molecular flexibility index (Phi) is 1.78. The molecule has 0 aromatic heterocycles. The van der Waals surface area contributed by atoms with Gasteiger partial charge in [-0.1, -0.05) is 12.1 Å². The number of hydrogen-bond donors (Lipinski definition) is 1. The minimum Gasteiger partial charge on any atom is -0.389 e. The first-order valence-corrected chi connectivity index (χ1v) is 4.69. The van der Waals surface area contributed by atoms with Crippen LogP contribution in [0.4, 0.5) is 0 Å². The number of carbonyl (C=O) groups is 1. The lowest BCUT2D eigenvalue weighted by Crippen LogP contribution is -2.57. The van der Waals surface area contributed by atoms with E-state index in [1.807, 2.05) is 0 Å². The SMILES string of the molecule is CCC1C(C(N)=O)CC12CC=NO2. The molecule has 3 atom stereocenters. The molecule has 0 radical (unpaired) electrons. The number of nitrogens with zero attached hydrogens (tertiary/aromatic N) is 1. The van der Waals surface area contributed by atoms with Crippen molar-refractivity contribution < 1.29 is 9.63 Å². The lowest BCUT2D eigenvalue weighted by Gasteiger charge is -2.48. The Hall–Kier alpha value is -1.06. The quantitative estimate of drug-likeness (QED) is 0.681. The van der Waals surface area contributed by atoms with E-state index in [4.69, 9.17) is 10.6 Å². The van der Waals surface area contributed by atoms with Crippen molar-refractivity contribution in [3.63, 3.8) is 0 Å². The summed E-state index contributed by atoms with van der Waals surface area (Å²) in [5, 5.41) is 3.77. The van der Waals surface area contributed by atoms with Crippen molar-refractivity contribution in [2.75, 3.05) is 0 Å². The van der Waals surface area contributed by atoms with Crippen molar-refractivity contribution in [3.05, 3.63) is 0 Å². The highest BCUT2D eigenvalue weighted by Crippen LogP contribution is 2.51. The summed E-state index contributed by atoms with van der Waals surface area (Å²) in [5.41, 5.74) is 5.09. The summed E-state index contributed by atoms with van der Waals surface area (Å²) in [6.07, 6.45) is 4.27. The van der Waals surface area contributed by atoms with Gasteiger partial charge in [-0.2, -0.15) is 0 Å². The highest BCUT2D eigenvalue weighted by molar-refractivity contribution is 5.79. The van der Waals surface area contributed by atoms with Gasteiger partial charge in [-0.05, 0) is 6.42 Å². The first kappa shape index (κ1) is 8.53. The predicted octanol–water partition coefficient (Wildman–Crippen LogP) is 0.663. The molecule has 1 fully saturated rings. The van der Waals surface area contributed by atoms with Gasteiger partial charge < -0.3 is 10.6 Å². The second-order valence-electron chi connectivity index (χ2n) is 3.88. The van der Waals surface area contributed by atoms with Gasteiger partial charge in [-0.15, -0.1) is 0 Å². The molecule has 2 rings (SSSR count). The summed E-state index contributed by atoms with van der Waals surface area (Å²) in [6.45, 7) is 2.06. The fourth-order valence-electron chi connectivity index (χ4n) is 2.54. The Labute approximate surface area is 77.1 Å². The summed E-state index contributed by atoms with van der Waals surface area (Å²) in [4.78, 5) is 16.3. The molecule has 4 nitrogen and oxygen atoms in total. The number of hydrogen-bond acceptors (Lipinski definition) is 3. The molecule has 2 aliphatic rings. The number of oxime groups is 1. The molecule has 72 valence electrons. The van der Waals surface area contributed by atoms with Gasteiger partial charge in [0, 0.05) is 30.9 Å². The van der Waals surface area contributed by atoms with Crippen LogP contribution in [-0.2, 0) is 9.63 Å². The third-order valence-electron chi connectivity index (χ3n) is 3.28. The zero-order valence-corrected chi connectivity index (χ0v) is 7.69. The molecule has 1 heterocycles. The van der Waals surface area contributed by atoms with Gasteiger partial charge in [0.05, 0.1) is 0 Å². The molecule has 1 aliphatic heterocycles. The van der Waals surface area contributed by atoms with E-state index in [0.717, 1.165) is 19.3 Å². The van der Waals surface area contributed by atoms with Gasteiger partial charge >= 0.3 is 0 Å². The molecule has 0 bridgehead atoms. The minimum absolute atomic E-state index is 0.00769. The van der Waals surface area contributed by atoms with Gasteiger partial charge in [0.15, 0.2) is 0 Å². The second-order valence-corrected chi connectivity index (χ2v) is 3.88. The molecule has 4 heteroatoms. The molecule has 0 saturated heterocycles. The summed E-state index contributed by atoms with van der Waals surface area (Å²) < 4.78 is 0. The molecule has 13 heavy (non-hydrogen) atoms. The van der Waals surface area contributed by atoms with Crippen LogP contribution in [0.3, 0.4) is 0 Å². The van der Waals surface area contributed by atoms with Crippen LogP contribution in [0, 0.1) is 11.8 Å². The average molecular weight is 182 g/mol. The van der Waals surface area contributed by atoms with E-state index in [1.54, 1.807) is 6.21 Å². The molecular weight excluding hydrogens is 168 g/mol. The summed E-state index contributed by atoms with van der Waals surface area (Å²) in [7, 11) is 0. The zero-order valence-electron chi connectivity index (χ0n) is 7.69. The Bertz CT molecular complexity index is 254. The Morgan fingerprint density at radius 1 is 1.85 bits per heavy atom. The highest BCUT2D eigenvalue weighted by Gasteiger charge is 2.58. The zero-order chi connectivity index (χ0) is 9.47. The van der Waals surface area contributed by atoms with Crippen molar-refractivity contribution in [1.82, 2.24) is 0 Å². The maximum atomic E-state index is 11.0. The smallest absolute Gasteiger partial charge is 0.221 e. The van der Waals surface area contributed by atoms with E-state index in [0.29, 0.717) is 0 Å². The van der Waals surface area contributed by atoms with E-state index in [9.17, 15) is 4.79 Å². The minimum atomic E-state index is -0.201. The molecule has 3 unspecified atom stereocenters. The summed E-state index contributed by atoms with van der Waals surface area (Å²) in [6, 6.07) is 0. The highest BCUT2D eigenvalue weighted by atomic mass is 16.7. The maximum absolute atomic E-state index is 11.0. The van der Waals surface area contributed by atoms with Gasteiger partial charge in [-0.3, -0.25) is 4.79 Å². The average Bonchev–Trinajstić information content (AvgIpc) is 2.50. The van der Waals surface area contributed by atoms with Gasteiger partial charge in [-0.25, -0.2) is 0 Å². The number of rotatable bonds is 2. The molecular formula is C9H14N2O2. The van der Waals surface area contributed by atoms with Crippen LogP contribution >= 0.6 is 0 Å². The third kappa shape index (κ3) is 1.04. The molecule has 1 amide bonds. The van der Waals surface area contributed by atoms with Crippen molar-refractivity contribution in [2.45, 2.75) is 31.8 Å². The largest absolute Gasteiger partial charge is 0.389 e. The molecule has 0 aromatic carbocycles. The fraction of sp³-hybridized carbons (Fsp3) is 0.778. The van der Waals surface area contributed by atoms with Crippen LogP contribution in [0.2, 0.25) is 0 Å². The molecule has 1 saturated carbocycles. The van der Waals surface area contributed by atoms with Crippen LogP contribution in [0.25, 0.3) is 0 Å². The first-order valence-electron chi connectivity index (χ1n) is 4.69. The van der Waals surface area contributed by atoms with E-state index in [-0.39, 0.29) is 23.3 Å². The molecule has 2 N–H and O–H groups in total. The third-order valence-corrected chi connectivity index (χ3v) is 3.28. The first-order chi connectivity index (χ1) is 6.19. The summed E-state index contributed by atoms with van der Waals surface area (Å²) in [5.74, 6) is 0.0483. The van der Waals surface area contributed by atoms with Crippen molar-refractivity contribution in [2.24, 2.45) is 22.7 Å². The van der Waals surface area contributed by atoms with Crippen LogP contribution < -0.4 is 5.73 Å². The Balaban J connectivity index is 2.08. The van der Waals surface area contributed by atoms with E-state index >= 15 is 0 Å². The second kappa shape index (κ2) is 2.72. The van der Waals surface area contributed by atoms with Gasteiger partial charge in [0.2, 0.25) is 5.91 Å². The van der Waals surface area contributed by atoms with Crippen molar-refractivity contribution in [1.29, 1.82) is 0 Å². The van der Waals surface area contributed by atoms with Gasteiger partial charge in [0.1, 0.15) is 5.60 Å². The van der Waals surface area contributed by atoms with E-state index in [2.05, 4.69) is 12.1 Å². The molecule has 1 spiro atoms. The van der Waals surface area contributed by atoms with Gasteiger partial charge in [0.25, 0.3) is 0 Å². The monoisotopic (exact) mass is 182 g/mol. The lowest BCUT2D eigenvalue weighted by molar-refractivity contribution is -0.174. The topological polar surface area (TPSA) is 64.7 Å². The Morgan fingerprint density at radius 2 is 2.62 bits per heavy atom. The van der Waals surface area contributed by atoms with Crippen molar-refractivity contribution in [3.8, 4) is 0 Å². The summed E-state index contributed by atoms with van der Waals surface area (Å²) >= 11 is 0. The van der Waals surface area contributed by atoms with Crippen LogP contribution in [0.15, 0.2) is 5.16 Å². The number of nitrogens with two attached hydrogens (primary N) is 1. The normalized spacial score (nSPS) is 41.6. The standard InChI is InChI=1S/C9H14N2O2/c1-2-7-6(8(10)12)5-9(7)3-4-11-13-9/h4,6-7H,2-3,5H2,1H3,(H2,10,12). The molecule has 0 aromatic rings. The fourth-order valence-corrected chi connectivity index (χ4v) is 2.54. The van der Waals surface area contributed by atoms with Crippen LogP contribution in [0.5, 0.6) is 0 Å². The Morgan fingerprint density at radius 3 is 3.08 bits per heavy atom. The molecule has 1 aliphatic carbocycles. The maximum Gasteiger partial charge on any atom is 0.221 e. The lowest BCUT2D eigenvalue weighted by atomic mass is 9.59. The number of carbonyl (C=O) groups excluding carboxylic acids is 1.